The van der Waals surface area contributed by atoms with Crippen LogP contribution in [0, 0.1) is 6.92 Å². The second-order valence-electron chi connectivity index (χ2n) is 8.44. The van der Waals surface area contributed by atoms with Crippen molar-refractivity contribution in [1.29, 1.82) is 0 Å². The Kier molecular flexibility index (Phi) is 7.08. The van der Waals surface area contributed by atoms with Crippen molar-refractivity contribution in [1.82, 2.24) is 19.4 Å². The van der Waals surface area contributed by atoms with Crippen molar-refractivity contribution in [3.05, 3.63) is 86.8 Å². The number of nitrogens with zero attached hydrogens (tertiary/aromatic N) is 4. The highest BCUT2D eigenvalue weighted by Gasteiger charge is 2.31. The van der Waals surface area contributed by atoms with Gasteiger partial charge >= 0.3 is 0 Å². The molecule has 1 aliphatic heterocycles. The van der Waals surface area contributed by atoms with Gasteiger partial charge in [-0.2, -0.15) is 0 Å². The minimum absolute atomic E-state index is 0.0385. The summed E-state index contributed by atoms with van der Waals surface area (Å²) in [6, 6.07) is 10.3. The lowest BCUT2D eigenvalue weighted by molar-refractivity contribution is -0.132. The monoisotopic (exact) mass is 466 g/mol. The van der Waals surface area contributed by atoms with Crippen molar-refractivity contribution in [2.75, 3.05) is 6.54 Å². The molecule has 33 heavy (non-hydrogen) atoms. The summed E-state index contributed by atoms with van der Waals surface area (Å²) < 4.78 is 1.58. The van der Waals surface area contributed by atoms with E-state index < -0.39 is 0 Å². The zero-order valence-corrected chi connectivity index (χ0v) is 19.3. The molecule has 2 aromatic heterocycles. The highest BCUT2D eigenvalue weighted by atomic mass is 35.5. The Morgan fingerprint density at radius 1 is 1.24 bits per heavy atom. The summed E-state index contributed by atoms with van der Waals surface area (Å²) in [7, 11) is 0. The fourth-order valence-electron chi connectivity index (χ4n) is 4.43. The van der Waals surface area contributed by atoms with Crippen LogP contribution in [0.2, 0.25) is 5.02 Å². The molecule has 1 amide bonds. The quantitative estimate of drug-likeness (QED) is 0.567. The summed E-state index contributed by atoms with van der Waals surface area (Å²) >= 11 is 6.09. The maximum Gasteiger partial charge on any atom is 0.254 e. The molecule has 0 spiro atoms. The van der Waals surface area contributed by atoms with Crippen LogP contribution in [0.25, 0.3) is 0 Å². The molecule has 4 rings (SSSR count). The number of rotatable bonds is 7. The van der Waals surface area contributed by atoms with Crippen LogP contribution in [0.3, 0.4) is 0 Å². The number of hydrogen-bond donors (Lipinski definition) is 1. The van der Waals surface area contributed by atoms with E-state index >= 15 is 0 Å². The number of benzene rings is 1. The second kappa shape index (κ2) is 10.2. The molecule has 7 nitrogen and oxygen atoms in total. The largest absolute Gasteiger partial charge is 0.508 e. The van der Waals surface area contributed by atoms with Gasteiger partial charge in [-0.05, 0) is 49.9 Å². The first kappa shape index (κ1) is 23.0. The summed E-state index contributed by atoms with van der Waals surface area (Å²) in [6.07, 6.45) is 6.81. The number of aromatic nitrogens is 3. The molecular weight excluding hydrogens is 440 g/mol. The molecule has 0 saturated carbocycles. The number of aromatic hydroxyl groups is 1. The highest BCUT2D eigenvalue weighted by Crippen LogP contribution is 2.31. The van der Waals surface area contributed by atoms with Gasteiger partial charge in [0, 0.05) is 48.9 Å². The lowest BCUT2D eigenvalue weighted by Gasteiger charge is -2.24. The first-order valence-electron chi connectivity index (χ1n) is 11.2. The van der Waals surface area contributed by atoms with E-state index in [0.717, 1.165) is 29.8 Å². The lowest BCUT2D eigenvalue weighted by Crippen LogP contribution is -2.31. The molecule has 0 radical (unpaired) electrons. The standard InChI is InChI=1S/C25H27ClN4O3/c1-17-11-21(31)14-25(33)29(17)9-4-8-24(32)30-10-3-7-23(30)22-16-27-15-20(28-22)13-18-5-2-6-19(26)12-18/h2,5-6,11-12,14-16,23,31H,3-4,7-10,13H2,1H3/t23-/m0/s1. The number of aryl methyl sites for hydroxylation is 1. The van der Waals surface area contributed by atoms with Crippen molar-refractivity contribution in [2.24, 2.45) is 0 Å². The number of carbonyl (C=O) groups excluding carboxylic acids is 1. The van der Waals surface area contributed by atoms with Crippen molar-refractivity contribution in [3.8, 4) is 5.75 Å². The van der Waals surface area contributed by atoms with Gasteiger partial charge in [-0.15, -0.1) is 0 Å². The van der Waals surface area contributed by atoms with E-state index in [1.807, 2.05) is 29.2 Å². The maximum absolute atomic E-state index is 13.0. The molecule has 0 aliphatic carbocycles. The zero-order chi connectivity index (χ0) is 23.4. The Labute approximate surface area is 197 Å². The molecular formula is C25H27ClN4O3. The molecule has 1 aromatic carbocycles. The molecule has 3 aromatic rings. The topological polar surface area (TPSA) is 88.3 Å². The van der Waals surface area contributed by atoms with Gasteiger partial charge in [0.1, 0.15) is 5.75 Å². The van der Waals surface area contributed by atoms with Crippen LogP contribution in [0.1, 0.15) is 54.4 Å². The minimum Gasteiger partial charge on any atom is -0.508 e. The fourth-order valence-corrected chi connectivity index (χ4v) is 4.64. The summed E-state index contributed by atoms with van der Waals surface area (Å²) in [5.74, 6) is 0.0208. The van der Waals surface area contributed by atoms with Crippen LogP contribution in [-0.2, 0) is 17.8 Å². The van der Waals surface area contributed by atoms with Gasteiger partial charge < -0.3 is 14.6 Å². The van der Waals surface area contributed by atoms with Crippen molar-refractivity contribution in [3.63, 3.8) is 0 Å². The maximum atomic E-state index is 13.0. The lowest BCUT2D eigenvalue weighted by atomic mass is 10.1. The molecule has 172 valence electrons. The third-order valence-corrected chi connectivity index (χ3v) is 6.22. The molecule has 1 N–H and O–H groups in total. The van der Waals surface area contributed by atoms with Crippen molar-refractivity contribution < 1.29 is 9.90 Å². The van der Waals surface area contributed by atoms with Crippen LogP contribution < -0.4 is 5.56 Å². The molecule has 1 saturated heterocycles. The number of pyridine rings is 1. The normalized spacial score (nSPS) is 15.7. The van der Waals surface area contributed by atoms with E-state index in [-0.39, 0.29) is 23.3 Å². The Bertz CT molecular complexity index is 1210. The number of likely N-dealkylation sites (tertiary alicyclic amines) is 1. The summed E-state index contributed by atoms with van der Waals surface area (Å²) in [6.45, 7) is 2.90. The van der Waals surface area contributed by atoms with Gasteiger partial charge in [-0.3, -0.25) is 19.6 Å². The Morgan fingerprint density at radius 3 is 2.88 bits per heavy atom. The summed E-state index contributed by atoms with van der Waals surface area (Å²) in [5.41, 5.74) is 3.14. The van der Waals surface area contributed by atoms with Gasteiger partial charge in [0.15, 0.2) is 0 Å². The van der Waals surface area contributed by atoms with E-state index in [2.05, 4.69) is 4.98 Å². The molecule has 1 atom stereocenters. The predicted octanol–water partition coefficient (Wildman–Crippen LogP) is 4.04. The smallest absolute Gasteiger partial charge is 0.254 e. The minimum atomic E-state index is -0.259. The predicted molar refractivity (Wildman–Crippen MR) is 126 cm³/mol. The first-order valence-corrected chi connectivity index (χ1v) is 11.5. The van der Waals surface area contributed by atoms with Crippen LogP contribution in [-0.4, -0.2) is 37.0 Å². The van der Waals surface area contributed by atoms with Crippen LogP contribution in [0.4, 0.5) is 0 Å². The summed E-state index contributed by atoms with van der Waals surface area (Å²) in [5, 5.41) is 10.2. The Morgan fingerprint density at radius 2 is 2.09 bits per heavy atom. The number of hydrogen-bond acceptors (Lipinski definition) is 5. The molecule has 3 heterocycles. The summed E-state index contributed by atoms with van der Waals surface area (Å²) in [4.78, 5) is 36.2. The first-order chi connectivity index (χ1) is 15.9. The number of halogens is 1. The Hall–Kier alpha value is -3.19. The third kappa shape index (κ3) is 5.60. The highest BCUT2D eigenvalue weighted by molar-refractivity contribution is 6.30. The zero-order valence-electron chi connectivity index (χ0n) is 18.6. The molecule has 0 unspecified atom stereocenters. The van der Waals surface area contributed by atoms with E-state index in [1.165, 1.54) is 6.07 Å². The van der Waals surface area contributed by atoms with Crippen LogP contribution in [0.5, 0.6) is 5.75 Å². The van der Waals surface area contributed by atoms with E-state index in [4.69, 9.17) is 16.6 Å². The van der Waals surface area contributed by atoms with Gasteiger partial charge in [0.25, 0.3) is 5.56 Å². The van der Waals surface area contributed by atoms with E-state index in [9.17, 15) is 14.7 Å². The van der Waals surface area contributed by atoms with Gasteiger partial charge in [0.2, 0.25) is 5.91 Å². The Balaban J connectivity index is 1.40. The molecule has 1 fully saturated rings. The van der Waals surface area contributed by atoms with Gasteiger partial charge in [-0.1, -0.05) is 23.7 Å². The average Bonchev–Trinajstić information content (AvgIpc) is 3.26. The van der Waals surface area contributed by atoms with Gasteiger partial charge in [0.05, 0.1) is 23.6 Å². The third-order valence-electron chi connectivity index (χ3n) is 5.98. The van der Waals surface area contributed by atoms with Crippen molar-refractivity contribution in [2.45, 2.75) is 51.6 Å². The second-order valence-corrected chi connectivity index (χ2v) is 8.87. The SMILES string of the molecule is Cc1cc(O)cc(=O)n1CCCC(=O)N1CCC[C@H]1c1cncc(Cc2cccc(Cl)c2)n1. The number of amides is 1. The van der Waals surface area contributed by atoms with E-state index in [1.54, 1.807) is 30.0 Å². The molecule has 8 heteroatoms. The molecule has 1 aliphatic rings. The van der Waals surface area contributed by atoms with E-state index in [0.29, 0.717) is 43.1 Å². The average molecular weight is 467 g/mol. The van der Waals surface area contributed by atoms with Crippen LogP contribution in [0.15, 0.2) is 53.6 Å². The van der Waals surface area contributed by atoms with Gasteiger partial charge in [-0.25, -0.2) is 0 Å². The number of carbonyl (C=O) groups is 1. The van der Waals surface area contributed by atoms with Crippen molar-refractivity contribution >= 4 is 17.5 Å². The fraction of sp³-hybridized carbons (Fsp3) is 0.360. The van der Waals surface area contributed by atoms with Crippen LogP contribution >= 0.6 is 11.6 Å². The molecule has 0 bridgehead atoms.